The van der Waals surface area contributed by atoms with E-state index >= 15 is 0 Å². The zero-order valence-electron chi connectivity index (χ0n) is 12.2. The summed E-state index contributed by atoms with van der Waals surface area (Å²) in [6.07, 6.45) is 0. The third kappa shape index (κ3) is 2.07. The second kappa shape index (κ2) is 5.11. The predicted molar refractivity (Wildman–Crippen MR) is 84.3 cm³/mol. The lowest BCUT2D eigenvalue weighted by molar-refractivity contribution is 0.103. The molecule has 0 N–H and O–H groups in total. The highest BCUT2D eigenvalue weighted by Crippen LogP contribution is 2.14. The van der Waals surface area contributed by atoms with Crippen LogP contribution in [0.4, 0.5) is 0 Å². The van der Waals surface area contributed by atoms with Gasteiger partial charge in [-0.2, -0.15) is 0 Å². The van der Waals surface area contributed by atoms with Gasteiger partial charge in [-0.1, -0.05) is 30.3 Å². The first-order chi connectivity index (χ1) is 10.5. The fourth-order valence-corrected chi connectivity index (χ4v) is 2.49. The average molecular weight is 294 g/mol. The van der Waals surface area contributed by atoms with Crippen molar-refractivity contribution in [1.82, 2.24) is 9.13 Å². The molecule has 0 spiro atoms. The van der Waals surface area contributed by atoms with E-state index in [1.165, 1.54) is 11.6 Å². The third-order valence-corrected chi connectivity index (χ3v) is 3.76. The van der Waals surface area contributed by atoms with Crippen molar-refractivity contribution in [3.05, 3.63) is 80.5 Å². The molecule has 0 aliphatic rings. The van der Waals surface area contributed by atoms with Gasteiger partial charge in [-0.15, -0.1) is 0 Å². The van der Waals surface area contributed by atoms with Gasteiger partial charge in [0.05, 0.1) is 10.9 Å². The number of carbonyl (C=O) groups excluding carboxylic acids is 1. The van der Waals surface area contributed by atoms with Crippen LogP contribution in [0.1, 0.15) is 15.9 Å². The van der Waals surface area contributed by atoms with Gasteiger partial charge in [-0.3, -0.25) is 18.7 Å². The number of ketones is 1. The Labute approximate surface area is 126 Å². The number of aromatic nitrogens is 2. The van der Waals surface area contributed by atoms with E-state index in [4.69, 9.17) is 0 Å². The van der Waals surface area contributed by atoms with Crippen LogP contribution in [0, 0.1) is 0 Å². The van der Waals surface area contributed by atoms with Crippen LogP contribution in [0.3, 0.4) is 0 Å². The lowest BCUT2D eigenvalue weighted by Gasteiger charge is -2.08. The highest BCUT2D eigenvalue weighted by atomic mass is 16.2. The topological polar surface area (TPSA) is 61.1 Å². The van der Waals surface area contributed by atoms with Gasteiger partial charge in [0.25, 0.3) is 5.56 Å². The summed E-state index contributed by atoms with van der Waals surface area (Å²) in [7, 11) is 3.03. The smallest absolute Gasteiger partial charge is 0.296 e. The molecule has 0 radical (unpaired) electrons. The molecule has 1 heterocycles. The SMILES string of the molecule is Cn1c(=O)c2cc(C(=O)c3ccccc3)ccc2n(C)c1=O. The highest BCUT2D eigenvalue weighted by molar-refractivity contribution is 6.10. The van der Waals surface area contributed by atoms with Crippen LogP contribution in [0.25, 0.3) is 10.9 Å². The Morgan fingerprint density at radius 3 is 2.23 bits per heavy atom. The molecule has 0 saturated heterocycles. The molecule has 0 fully saturated rings. The normalized spacial score (nSPS) is 10.8. The maximum Gasteiger partial charge on any atom is 0.330 e. The van der Waals surface area contributed by atoms with Crippen LogP contribution in [-0.4, -0.2) is 14.9 Å². The van der Waals surface area contributed by atoms with Crippen molar-refractivity contribution in [3.63, 3.8) is 0 Å². The summed E-state index contributed by atoms with van der Waals surface area (Å²) in [6, 6.07) is 13.7. The maximum atomic E-state index is 12.5. The molecule has 0 aliphatic heterocycles. The van der Waals surface area contributed by atoms with Crippen molar-refractivity contribution < 1.29 is 4.79 Å². The van der Waals surface area contributed by atoms with Crippen LogP contribution in [-0.2, 0) is 14.1 Å². The first-order valence-electron chi connectivity index (χ1n) is 6.80. The van der Waals surface area contributed by atoms with Gasteiger partial charge < -0.3 is 0 Å². The second-order valence-electron chi connectivity index (χ2n) is 5.13. The van der Waals surface area contributed by atoms with Crippen LogP contribution < -0.4 is 11.2 Å². The summed E-state index contributed by atoms with van der Waals surface area (Å²) in [5, 5.41) is 0.353. The van der Waals surface area contributed by atoms with Gasteiger partial charge in [-0.25, -0.2) is 4.79 Å². The second-order valence-corrected chi connectivity index (χ2v) is 5.13. The molecule has 3 rings (SSSR count). The summed E-state index contributed by atoms with van der Waals surface area (Å²) >= 11 is 0. The Hall–Kier alpha value is -2.95. The fraction of sp³-hybridized carbons (Fsp3) is 0.118. The first kappa shape index (κ1) is 14.0. The number of rotatable bonds is 2. The van der Waals surface area contributed by atoms with Crippen molar-refractivity contribution >= 4 is 16.7 Å². The Morgan fingerprint density at radius 1 is 0.864 bits per heavy atom. The van der Waals surface area contributed by atoms with E-state index < -0.39 is 5.56 Å². The molecule has 22 heavy (non-hydrogen) atoms. The molecule has 5 heteroatoms. The summed E-state index contributed by atoms with van der Waals surface area (Å²) in [5.74, 6) is -0.154. The minimum Gasteiger partial charge on any atom is -0.296 e. The molecule has 110 valence electrons. The average Bonchev–Trinajstić information content (AvgIpc) is 2.57. The van der Waals surface area contributed by atoms with E-state index in [0.717, 1.165) is 4.57 Å². The maximum absolute atomic E-state index is 12.5. The summed E-state index contributed by atoms with van der Waals surface area (Å²) in [4.78, 5) is 36.6. The number of nitrogens with zero attached hydrogens (tertiary/aromatic N) is 2. The monoisotopic (exact) mass is 294 g/mol. The molecule has 2 aromatic carbocycles. The zero-order valence-corrected chi connectivity index (χ0v) is 12.2. The molecule has 0 amide bonds. The number of carbonyl (C=O) groups is 1. The molecule has 0 unspecified atom stereocenters. The zero-order chi connectivity index (χ0) is 15.9. The largest absolute Gasteiger partial charge is 0.330 e. The van der Waals surface area contributed by atoms with Crippen molar-refractivity contribution in [3.8, 4) is 0 Å². The number of aryl methyl sites for hydroxylation is 1. The molecule has 3 aromatic rings. The lowest BCUT2D eigenvalue weighted by Crippen LogP contribution is -2.37. The molecule has 0 bridgehead atoms. The Kier molecular flexibility index (Phi) is 3.25. The van der Waals surface area contributed by atoms with Crippen LogP contribution in [0.5, 0.6) is 0 Å². The Morgan fingerprint density at radius 2 is 1.55 bits per heavy atom. The summed E-state index contributed by atoms with van der Waals surface area (Å²) in [5.41, 5.74) is 0.705. The van der Waals surface area contributed by atoms with Gasteiger partial charge in [0.2, 0.25) is 0 Å². The van der Waals surface area contributed by atoms with Gasteiger partial charge in [-0.05, 0) is 18.2 Å². The molecule has 0 atom stereocenters. The van der Waals surface area contributed by atoms with Gasteiger partial charge in [0.1, 0.15) is 0 Å². The first-order valence-corrected chi connectivity index (χ1v) is 6.80. The van der Waals surface area contributed by atoms with Crippen molar-refractivity contribution in [2.45, 2.75) is 0 Å². The van der Waals surface area contributed by atoms with Crippen LogP contribution in [0.15, 0.2) is 58.1 Å². The molecular weight excluding hydrogens is 280 g/mol. The summed E-state index contributed by atoms with van der Waals surface area (Å²) in [6.45, 7) is 0. The van der Waals surface area contributed by atoms with E-state index in [1.807, 2.05) is 6.07 Å². The molecule has 0 aliphatic carbocycles. The van der Waals surface area contributed by atoms with E-state index in [-0.39, 0.29) is 11.5 Å². The van der Waals surface area contributed by atoms with E-state index in [2.05, 4.69) is 0 Å². The predicted octanol–water partition coefficient (Wildman–Crippen LogP) is 1.47. The van der Waals surface area contributed by atoms with Gasteiger partial charge in [0.15, 0.2) is 5.78 Å². The number of hydrogen-bond acceptors (Lipinski definition) is 3. The number of benzene rings is 2. The minimum atomic E-state index is -0.402. The summed E-state index contributed by atoms with van der Waals surface area (Å²) < 4.78 is 2.44. The highest BCUT2D eigenvalue weighted by Gasteiger charge is 2.13. The third-order valence-electron chi connectivity index (χ3n) is 3.76. The number of fused-ring (bicyclic) bond motifs is 1. The van der Waals surface area contributed by atoms with E-state index in [0.29, 0.717) is 22.0 Å². The van der Waals surface area contributed by atoms with Gasteiger partial charge in [0, 0.05) is 25.2 Å². The standard InChI is InChI=1S/C17H14N2O3/c1-18-14-9-8-12(15(20)11-6-4-3-5-7-11)10-13(14)16(21)19(2)17(18)22/h3-10H,1-2H3. The molecular formula is C17H14N2O3. The quantitative estimate of drug-likeness (QED) is 0.672. The molecule has 0 saturated carbocycles. The fourth-order valence-electron chi connectivity index (χ4n) is 2.49. The van der Waals surface area contributed by atoms with Crippen molar-refractivity contribution in [1.29, 1.82) is 0 Å². The minimum absolute atomic E-state index is 0.154. The van der Waals surface area contributed by atoms with Crippen LogP contribution in [0.2, 0.25) is 0 Å². The van der Waals surface area contributed by atoms with Crippen molar-refractivity contribution in [2.75, 3.05) is 0 Å². The number of hydrogen-bond donors (Lipinski definition) is 0. The van der Waals surface area contributed by atoms with E-state index in [1.54, 1.807) is 49.5 Å². The van der Waals surface area contributed by atoms with E-state index in [9.17, 15) is 14.4 Å². The van der Waals surface area contributed by atoms with Crippen LogP contribution >= 0.6 is 0 Å². The lowest BCUT2D eigenvalue weighted by atomic mass is 10.0. The molecule has 1 aromatic heterocycles. The Balaban J connectivity index is 2.25. The Bertz CT molecular complexity index is 998. The van der Waals surface area contributed by atoms with Crippen molar-refractivity contribution in [2.24, 2.45) is 14.1 Å². The molecule has 5 nitrogen and oxygen atoms in total. The van der Waals surface area contributed by atoms with Gasteiger partial charge >= 0.3 is 5.69 Å².